The Balaban J connectivity index is 2.37. The highest BCUT2D eigenvalue weighted by Gasteiger charge is 2.19. The van der Waals surface area contributed by atoms with Crippen molar-refractivity contribution >= 4 is 34.8 Å². The minimum Gasteiger partial charge on any atom is -0.330 e. The van der Waals surface area contributed by atoms with E-state index in [0.717, 1.165) is 5.56 Å². The van der Waals surface area contributed by atoms with Gasteiger partial charge in [0.25, 0.3) is 0 Å². The van der Waals surface area contributed by atoms with Crippen LogP contribution in [0.4, 0.5) is 4.39 Å². The highest BCUT2D eigenvalue weighted by Crippen LogP contribution is 2.34. The lowest BCUT2D eigenvalue weighted by atomic mass is 9.91. The number of hydrogen-bond acceptors (Lipinski definition) is 1. The molecule has 0 aliphatic heterocycles. The van der Waals surface area contributed by atoms with Crippen LogP contribution in [0.3, 0.4) is 0 Å². The summed E-state index contributed by atoms with van der Waals surface area (Å²) in [5.41, 5.74) is 7.06. The summed E-state index contributed by atoms with van der Waals surface area (Å²) in [5, 5.41) is 1.31. The highest BCUT2D eigenvalue weighted by atomic mass is 35.5. The molecule has 0 amide bonds. The van der Waals surface area contributed by atoms with Crippen LogP contribution in [0.15, 0.2) is 36.4 Å². The lowest BCUT2D eigenvalue weighted by Crippen LogP contribution is -2.16. The number of rotatable bonds is 4. The van der Waals surface area contributed by atoms with Gasteiger partial charge in [0.1, 0.15) is 5.82 Å². The van der Waals surface area contributed by atoms with Crippen molar-refractivity contribution in [2.45, 2.75) is 12.3 Å². The van der Waals surface area contributed by atoms with E-state index in [9.17, 15) is 4.39 Å². The predicted octanol–water partition coefficient (Wildman–Crippen LogP) is 5.07. The van der Waals surface area contributed by atoms with Gasteiger partial charge in [0.05, 0.1) is 10.0 Å². The van der Waals surface area contributed by atoms with Crippen molar-refractivity contribution < 1.29 is 4.39 Å². The second kappa shape index (κ2) is 6.77. The molecule has 0 aliphatic rings. The maximum atomic E-state index is 13.9. The first-order valence-corrected chi connectivity index (χ1v) is 7.24. The van der Waals surface area contributed by atoms with E-state index in [1.807, 2.05) is 6.07 Å². The molecule has 0 heterocycles. The normalized spacial score (nSPS) is 12.4. The Hall–Kier alpha value is -0.800. The molecule has 0 saturated heterocycles. The van der Waals surface area contributed by atoms with Crippen LogP contribution in [0.1, 0.15) is 17.0 Å². The zero-order chi connectivity index (χ0) is 14.7. The summed E-state index contributed by atoms with van der Waals surface area (Å²) in [7, 11) is 0. The molecule has 1 unspecified atom stereocenters. The molecule has 0 bridgehead atoms. The second-order valence-electron chi connectivity index (χ2n) is 4.48. The molecule has 0 aromatic heterocycles. The molecule has 106 valence electrons. The predicted molar refractivity (Wildman–Crippen MR) is 83.4 cm³/mol. The smallest absolute Gasteiger partial charge is 0.127 e. The van der Waals surface area contributed by atoms with Crippen LogP contribution in [-0.2, 0) is 6.42 Å². The Morgan fingerprint density at radius 1 is 1.00 bits per heavy atom. The van der Waals surface area contributed by atoms with Gasteiger partial charge in [-0.2, -0.15) is 0 Å². The van der Waals surface area contributed by atoms with Crippen LogP contribution in [0, 0.1) is 5.82 Å². The first kappa shape index (κ1) is 15.6. The lowest BCUT2D eigenvalue weighted by Gasteiger charge is -2.18. The quantitative estimate of drug-likeness (QED) is 0.831. The maximum Gasteiger partial charge on any atom is 0.127 e. The first-order chi connectivity index (χ1) is 9.54. The lowest BCUT2D eigenvalue weighted by molar-refractivity contribution is 0.590. The van der Waals surface area contributed by atoms with E-state index in [-0.39, 0.29) is 11.7 Å². The second-order valence-corrected chi connectivity index (χ2v) is 5.67. The fourth-order valence-electron chi connectivity index (χ4n) is 2.13. The van der Waals surface area contributed by atoms with E-state index in [1.165, 1.54) is 6.07 Å². The molecule has 5 heteroatoms. The van der Waals surface area contributed by atoms with E-state index < -0.39 is 0 Å². The van der Waals surface area contributed by atoms with Crippen molar-refractivity contribution in [3.8, 4) is 0 Å². The molecule has 2 aromatic carbocycles. The summed E-state index contributed by atoms with van der Waals surface area (Å²) in [6.45, 7) is 0.324. The van der Waals surface area contributed by atoms with E-state index in [2.05, 4.69) is 0 Å². The van der Waals surface area contributed by atoms with Crippen LogP contribution >= 0.6 is 34.8 Å². The average Bonchev–Trinajstić information content (AvgIpc) is 2.42. The number of halogens is 4. The highest BCUT2D eigenvalue weighted by molar-refractivity contribution is 6.42. The van der Waals surface area contributed by atoms with Gasteiger partial charge in [0, 0.05) is 16.5 Å². The molecule has 0 fully saturated rings. The molecule has 1 nitrogen and oxygen atoms in total. The minimum atomic E-state index is -0.339. The van der Waals surface area contributed by atoms with E-state index in [4.69, 9.17) is 40.5 Å². The Labute approximate surface area is 132 Å². The van der Waals surface area contributed by atoms with Crippen LogP contribution in [-0.4, -0.2) is 6.54 Å². The van der Waals surface area contributed by atoms with Crippen molar-refractivity contribution in [1.82, 2.24) is 0 Å². The first-order valence-electron chi connectivity index (χ1n) is 6.11. The standard InChI is InChI=1S/C15H13Cl3FN/c16-12-4-2-6-14(19)11(12)7-9(8-20)10-3-1-5-13(17)15(10)18/h1-6,9H,7-8,20H2. The molecular weight excluding hydrogens is 320 g/mol. The molecule has 2 aromatic rings. The van der Waals surface area contributed by atoms with Crippen LogP contribution in [0.5, 0.6) is 0 Å². The van der Waals surface area contributed by atoms with Crippen molar-refractivity contribution in [2.24, 2.45) is 5.73 Å². The van der Waals surface area contributed by atoms with Gasteiger partial charge in [-0.1, -0.05) is 53.0 Å². The topological polar surface area (TPSA) is 26.0 Å². The van der Waals surface area contributed by atoms with Crippen LogP contribution in [0.25, 0.3) is 0 Å². The molecule has 1 atom stereocenters. The van der Waals surface area contributed by atoms with Crippen molar-refractivity contribution in [2.75, 3.05) is 6.54 Å². The Morgan fingerprint density at radius 2 is 1.65 bits per heavy atom. The minimum absolute atomic E-state index is 0.143. The molecule has 0 saturated carbocycles. The van der Waals surface area contributed by atoms with Crippen molar-refractivity contribution in [3.63, 3.8) is 0 Å². The summed E-state index contributed by atoms with van der Waals surface area (Å²) in [5.74, 6) is -0.482. The van der Waals surface area contributed by atoms with Crippen molar-refractivity contribution in [1.29, 1.82) is 0 Å². The van der Waals surface area contributed by atoms with Crippen molar-refractivity contribution in [3.05, 3.63) is 68.4 Å². The van der Waals surface area contributed by atoms with Gasteiger partial charge in [0.15, 0.2) is 0 Å². The van der Waals surface area contributed by atoms with E-state index in [0.29, 0.717) is 33.6 Å². The third kappa shape index (κ3) is 3.26. The number of hydrogen-bond donors (Lipinski definition) is 1. The maximum absolute atomic E-state index is 13.9. The van der Waals surface area contributed by atoms with Gasteiger partial charge < -0.3 is 5.73 Å². The average molecular weight is 333 g/mol. The summed E-state index contributed by atoms with van der Waals surface area (Å²) in [6.07, 6.45) is 0.377. The van der Waals surface area contributed by atoms with E-state index in [1.54, 1.807) is 24.3 Å². The summed E-state index contributed by atoms with van der Waals surface area (Å²) in [6, 6.07) is 9.97. The molecule has 0 aliphatic carbocycles. The molecular formula is C15H13Cl3FN. The molecule has 20 heavy (non-hydrogen) atoms. The summed E-state index contributed by atoms with van der Waals surface area (Å²) >= 11 is 18.3. The summed E-state index contributed by atoms with van der Waals surface area (Å²) in [4.78, 5) is 0. The summed E-state index contributed by atoms with van der Waals surface area (Å²) < 4.78 is 13.9. The largest absolute Gasteiger partial charge is 0.330 e. The molecule has 0 radical (unpaired) electrons. The SMILES string of the molecule is NCC(Cc1c(F)cccc1Cl)c1cccc(Cl)c1Cl. The van der Waals surface area contributed by atoms with E-state index >= 15 is 0 Å². The molecule has 2 N–H and O–H groups in total. The zero-order valence-electron chi connectivity index (χ0n) is 10.5. The van der Waals surface area contributed by atoms with Gasteiger partial charge in [0.2, 0.25) is 0 Å². The third-order valence-electron chi connectivity index (χ3n) is 3.22. The Kier molecular flexibility index (Phi) is 5.28. The van der Waals surface area contributed by atoms with Gasteiger partial charge in [-0.25, -0.2) is 4.39 Å². The Morgan fingerprint density at radius 3 is 2.30 bits per heavy atom. The zero-order valence-corrected chi connectivity index (χ0v) is 12.8. The molecule has 0 spiro atoms. The van der Waals surface area contributed by atoms with Crippen LogP contribution < -0.4 is 5.73 Å². The van der Waals surface area contributed by atoms with Gasteiger partial charge in [-0.15, -0.1) is 0 Å². The van der Waals surface area contributed by atoms with Gasteiger partial charge >= 0.3 is 0 Å². The fraction of sp³-hybridized carbons (Fsp3) is 0.200. The fourth-order valence-corrected chi connectivity index (χ4v) is 2.83. The van der Waals surface area contributed by atoms with Gasteiger partial charge in [-0.05, 0) is 36.7 Å². The van der Waals surface area contributed by atoms with Gasteiger partial charge in [-0.3, -0.25) is 0 Å². The monoisotopic (exact) mass is 331 g/mol. The Bertz CT molecular complexity index is 596. The number of benzene rings is 2. The number of nitrogens with two attached hydrogens (primary N) is 1. The third-order valence-corrected chi connectivity index (χ3v) is 4.41. The molecule has 2 rings (SSSR count). The van der Waals surface area contributed by atoms with Crippen LogP contribution in [0.2, 0.25) is 15.1 Å².